The molecule has 5 rings (SSSR count). The number of hydrogen-bond acceptors (Lipinski definition) is 7. The number of carbonyl (C=O) groups is 1. The Morgan fingerprint density at radius 2 is 1.89 bits per heavy atom. The maximum Gasteiger partial charge on any atom is 0.251 e. The number of aromatic amines is 1. The van der Waals surface area contributed by atoms with Gasteiger partial charge >= 0.3 is 0 Å². The Bertz CT molecular complexity index is 1330. The smallest absolute Gasteiger partial charge is 0.251 e. The Balaban J connectivity index is 1.36. The summed E-state index contributed by atoms with van der Waals surface area (Å²) in [7, 11) is 0. The highest BCUT2D eigenvalue weighted by Crippen LogP contribution is 2.30. The molecular formula is C25H24FN7O2. The van der Waals surface area contributed by atoms with Gasteiger partial charge in [-0.05, 0) is 55.3 Å². The molecule has 2 aromatic carbocycles. The third kappa shape index (κ3) is 5.37. The summed E-state index contributed by atoms with van der Waals surface area (Å²) in [5.74, 6) is -0.231. The van der Waals surface area contributed by atoms with Gasteiger partial charge in [0, 0.05) is 36.3 Å². The molecule has 1 amide bonds. The van der Waals surface area contributed by atoms with Crippen molar-refractivity contribution in [3.63, 3.8) is 0 Å². The second-order valence-electron chi connectivity index (χ2n) is 8.05. The molecule has 0 saturated heterocycles. The van der Waals surface area contributed by atoms with Gasteiger partial charge in [-0.15, -0.1) is 0 Å². The van der Waals surface area contributed by atoms with Crippen molar-refractivity contribution in [1.29, 1.82) is 0 Å². The van der Waals surface area contributed by atoms with Gasteiger partial charge in [0.25, 0.3) is 5.91 Å². The van der Waals surface area contributed by atoms with Crippen LogP contribution >= 0.6 is 0 Å². The van der Waals surface area contributed by atoms with E-state index in [1.54, 1.807) is 42.9 Å². The van der Waals surface area contributed by atoms with E-state index in [1.165, 1.54) is 12.1 Å². The van der Waals surface area contributed by atoms with Crippen molar-refractivity contribution in [3.8, 4) is 17.1 Å². The van der Waals surface area contributed by atoms with E-state index >= 15 is 0 Å². The fourth-order valence-corrected chi connectivity index (χ4v) is 3.74. The zero-order valence-electron chi connectivity index (χ0n) is 18.8. The Kier molecular flexibility index (Phi) is 6.51. The van der Waals surface area contributed by atoms with Gasteiger partial charge in [-0.2, -0.15) is 0 Å². The first-order chi connectivity index (χ1) is 17.2. The predicted molar refractivity (Wildman–Crippen MR) is 129 cm³/mol. The number of hydrogen-bond donors (Lipinski definition) is 4. The van der Waals surface area contributed by atoms with Crippen molar-refractivity contribution >= 4 is 16.9 Å². The minimum Gasteiger partial charge on any atom is -0.470 e. The molecule has 1 aliphatic rings. The summed E-state index contributed by atoms with van der Waals surface area (Å²) >= 11 is 0. The standard InChI is InChI=1S/C25H24FN7O2/c26-18-6-3-16(4-7-18)23-25(35-14-19-13-27-15-31-19)33-20-8-5-17(12-21(20)32-23)24(34)30-9-1-2-22-28-10-11-29-22/h3-8,10-13,15,22,28-29H,1-2,9,14H2,(H,27,31)(H,30,34). The van der Waals surface area contributed by atoms with E-state index in [0.717, 1.165) is 12.8 Å². The quantitative estimate of drug-likeness (QED) is 0.276. The van der Waals surface area contributed by atoms with Crippen LogP contribution < -0.4 is 20.7 Å². The van der Waals surface area contributed by atoms with E-state index in [2.05, 4.69) is 30.9 Å². The lowest BCUT2D eigenvalue weighted by molar-refractivity contribution is 0.0952. The Morgan fingerprint density at radius 1 is 1.06 bits per heavy atom. The molecule has 9 nitrogen and oxygen atoms in total. The number of aromatic nitrogens is 4. The van der Waals surface area contributed by atoms with Crippen molar-refractivity contribution in [2.75, 3.05) is 6.54 Å². The molecule has 0 unspecified atom stereocenters. The number of H-pyrrole nitrogens is 1. The second-order valence-corrected chi connectivity index (χ2v) is 8.05. The van der Waals surface area contributed by atoms with Crippen LogP contribution in [0.4, 0.5) is 4.39 Å². The number of carbonyl (C=O) groups excluding carboxylic acids is 1. The molecule has 0 spiro atoms. The van der Waals surface area contributed by atoms with Crippen molar-refractivity contribution in [1.82, 2.24) is 35.9 Å². The van der Waals surface area contributed by atoms with Crippen LogP contribution in [0.3, 0.4) is 0 Å². The number of halogens is 1. The number of ether oxygens (including phenoxy) is 1. The molecular weight excluding hydrogens is 449 g/mol. The SMILES string of the molecule is O=C(NCCCC1NC=CN1)c1ccc2nc(OCc3c[nH]cn3)c(-c3ccc(F)cc3)nc2c1. The third-order valence-electron chi connectivity index (χ3n) is 5.56. The average molecular weight is 474 g/mol. The summed E-state index contributed by atoms with van der Waals surface area (Å²) in [6.07, 6.45) is 8.96. The van der Waals surface area contributed by atoms with Gasteiger partial charge in [0.05, 0.1) is 29.2 Å². The highest BCUT2D eigenvalue weighted by atomic mass is 19.1. The highest BCUT2D eigenvalue weighted by molar-refractivity contribution is 5.97. The van der Waals surface area contributed by atoms with Crippen molar-refractivity contribution in [2.24, 2.45) is 0 Å². The van der Waals surface area contributed by atoms with Gasteiger partial charge < -0.3 is 25.7 Å². The first-order valence-electron chi connectivity index (χ1n) is 11.3. The van der Waals surface area contributed by atoms with Crippen molar-refractivity contribution in [2.45, 2.75) is 25.6 Å². The van der Waals surface area contributed by atoms with E-state index < -0.39 is 0 Å². The molecule has 178 valence electrons. The maximum absolute atomic E-state index is 13.5. The molecule has 35 heavy (non-hydrogen) atoms. The fourth-order valence-electron chi connectivity index (χ4n) is 3.74. The number of rotatable bonds is 9. The highest BCUT2D eigenvalue weighted by Gasteiger charge is 2.16. The first kappa shape index (κ1) is 22.3. The molecule has 0 radical (unpaired) electrons. The van der Waals surface area contributed by atoms with E-state index in [4.69, 9.17) is 9.72 Å². The van der Waals surface area contributed by atoms with Crippen molar-refractivity contribution < 1.29 is 13.9 Å². The minimum absolute atomic E-state index is 0.179. The van der Waals surface area contributed by atoms with E-state index in [9.17, 15) is 9.18 Å². The van der Waals surface area contributed by atoms with E-state index in [1.807, 2.05) is 12.4 Å². The summed E-state index contributed by atoms with van der Waals surface area (Å²) in [4.78, 5) is 29.1. The fraction of sp³-hybridized carbons (Fsp3) is 0.200. The monoisotopic (exact) mass is 473 g/mol. The lowest BCUT2D eigenvalue weighted by Gasteiger charge is -2.13. The lowest BCUT2D eigenvalue weighted by atomic mass is 10.1. The largest absolute Gasteiger partial charge is 0.470 e. The molecule has 4 aromatic rings. The van der Waals surface area contributed by atoms with E-state index in [0.29, 0.717) is 46.0 Å². The van der Waals surface area contributed by atoms with Crippen LogP contribution in [0.25, 0.3) is 22.3 Å². The Morgan fingerprint density at radius 3 is 2.66 bits per heavy atom. The van der Waals surface area contributed by atoms with Crippen LogP contribution in [0.5, 0.6) is 5.88 Å². The first-order valence-corrected chi connectivity index (χ1v) is 11.3. The molecule has 0 atom stereocenters. The van der Waals surface area contributed by atoms with Gasteiger partial charge in [-0.1, -0.05) is 0 Å². The van der Waals surface area contributed by atoms with Crippen LogP contribution in [0.2, 0.25) is 0 Å². The van der Waals surface area contributed by atoms with E-state index in [-0.39, 0.29) is 24.5 Å². The minimum atomic E-state index is -0.351. The molecule has 2 aromatic heterocycles. The van der Waals surface area contributed by atoms with Gasteiger partial charge in [-0.3, -0.25) is 4.79 Å². The zero-order valence-corrected chi connectivity index (χ0v) is 18.8. The summed E-state index contributed by atoms with van der Waals surface area (Å²) in [6, 6.07) is 11.1. The Labute approximate surface area is 200 Å². The summed E-state index contributed by atoms with van der Waals surface area (Å²) in [5, 5.41) is 9.32. The van der Waals surface area contributed by atoms with Gasteiger partial charge in [-0.25, -0.2) is 19.3 Å². The second kappa shape index (κ2) is 10.2. The summed E-state index contributed by atoms with van der Waals surface area (Å²) in [5.41, 5.74) is 3.41. The number of imidazole rings is 1. The molecule has 4 N–H and O–H groups in total. The topological polar surface area (TPSA) is 117 Å². The molecule has 0 aliphatic carbocycles. The number of amides is 1. The number of nitrogens with zero attached hydrogens (tertiary/aromatic N) is 3. The zero-order chi connectivity index (χ0) is 24.0. The maximum atomic E-state index is 13.5. The summed E-state index contributed by atoms with van der Waals surface area (Å²) in [6.45, 7) is 0.754. The molecule has 0 fully saturated rings. The molecule has 0 saturated carbocycles. The summed E-state index contributed by atoms with van der Waals surface area (Å²) < 4.78 is 19.4. The normalized spacial score (nSPS) is 12.9. The number of nitrogens with one attached hydrogen (secondary N) is 4. The van der Waals surface area contributed by atoms with Gasteiger partial charge in [0.1, 0.15) is 18.1 Å². The predicted octanol–water partition coefficient (Wildman–Crippen LogP) is 3.24. The number of benzene rings is 2. The lowest BCUT2D eigenvalue weighted by Crippen LogP contribution is -2.32. The molecule has 10 heteroatoms. The van der Waals surface area contributed by atoms with Gasteiger partial charge in [0.2, 0.25) is 5.88 Å². The third-order valence-corrected chi connectivity index (χ3v) is 5.56. The average Bonchev–Trinajstić information content (AvgIpc) is 3.59. The number of fused-ring (bicyclic) bond motifs is 1. The van der Waals surface area contributed by atoms with Crippen LogP contribution in [0.15, 0.2) is 67.4 Å². The van der Waals surface area contributed by atoms with Crippen LogP contribution in [0.1, 0.15) is 28.9 Å². The molecule has 3 heterocycles. The van der Waals surface area contributed by atoms with Crippen LogP contribution in [-0.4, -0.2) is 38.6 Å². The van der Waals surface area contributed by atoms with Crippen LogP contribution in [0, 0.1) is 5.82 Å². The molecule has 1 aliphatic heterocycles. The Hall–Kier alpha value is -4.47. The molecule has 0 bridgehead atoms. The van der Waals surface area contributed by atoms with Crippen molar-refractivity contribution in [3.05, 3.63) is 84.5 Å². The van der Waals surface area contributed by atoms with Crippen LogP contribution in [-0.2, 0) is 6.61 Å². The van der Waals surface area contributed by atoms with Gasteiger partial charge in [0.15, 0.2) is 0 Å².